The van der Waals surface area contributed by atoms with Crippen LogP contribution >= 0.6 is 15.9 Å². The number of benzene rings is 2. The van der Waals surface area contributed by atoms with Gasteiger partial charge in [0, 0.05) is 22.3 Å². The zero-order chi connectivity index (χ0) is 14.5. The van der Waals surface area contributed by atoms with Crippen LogP contribution in [0.4, 0.5) is 10.1 Å². The predicted molar refractivity (Wildman–Crippen MR) is 79.2 cm³/mol. The number of anilines is 1. The van der Waals surface area contributed by atoms with E-state index in [1.807, 2.05) is 6.07 Å². The summed E-state index contributed by atoms with van der Waals surface area (Å²) in [4.78, 5) is 11.4. The molecular formula is C15H13BrFNO2. The summed E-state index contributed by atoms with van der Waals surface area (Å²) in [5.41, 5.74) is 1.72. The molecule has 0 unspecified atom stereocenters. The maximum absolute atomic E-state index is 13.6. The maximum Gasteiger partial charge on any atom is 0.337 e. The summed E-state index contributed by atoms with van der Waals surface area (Å²) < 4.78 is 19.1. The van der Waals surface area contributed by atoms with Gasteiger partial charge in [0.15, 0.2) is 0 Å². The van der Waals surface area contributed by atoms with E-state index in [0.29, 0.717) is 17.7 Å². The van der Waals surface area contributed by atoms with E-state index in [2.05, 4.69) is 26.0 Å². The van der Waals surface area contributed by atoms with Crippen LogP contribution in [0.25, 0.3) is 0 Å². The van der Waals surface area contributed by atoms with E-state index in [-0.39, 0.29) is 5.82 Å². The van der Waals surface area contributed by atoms with Gasteiger partial charge in [0.2, 0.25) is 0 Å². The molecule has 0 bridgehead atoms. The van der Waals surface area contributed by atoms with E-state index in [9.17, 15) is 9.18 Å². The molecule has 0 aliphatic heterocycles. The summed E-state index contributed by atoms with van der Waals surface area (Å²) >= 11 is 3.31. The molecular weight excluding hydrogens is 325 g/mol. The van der Waals surface area contributed by atoms with Gasteiger partial charge in [0.25, 0.3) is 0 Å². The molecule has 2 aromatic carbocycles. The van der Waals surface area contributed by atoms with Crippen LogP contribution in [0.3, 0.4) is 0 Å². The lowest BCUT2D eigenvalue weighted by molar-refractivity contribution is 0.0601. The van der Waals surface area contributed by atoms with Gasteiger partial charge in [0.05, 0.1) is 12.7 Å². The average molecular weight is 338 g/mol. The minimum Gasteiger partial charge on any atom is -0.465 e. The Bertz CT molecular complexity index is 631. The molecule has 0 aliphatic carbocycles. The SMILES string of the molecule is COC(=O)c1cccc(NCc2cc(Br)ccc2F)c1. The second-order valence-electron chi connectivity index (χ2n) is 4.16. The second-order valence-corrected chi connectivity index (χ2v) is 5.08. The van der Waals surface area contributed by atoms with Crippen molar-refractivity contribution in [3.63, 3.8) is 0 Å². The lowest BCUT2D eigenvalue weighted by Crippen LogP contribution is -2.05. The van der Waals surface area contributed by atoms with Crippen molar-refractivity contribution in [2.24, 2.45) is 0 Å². The van der Waals surface area contributed by atoms with Gasteiger partial charge in [-0.15, -0.1) is 0 Å². The number of carbonyl (C=O) groups excluding carboxylic acids is 1. The van der Waals surface area contributed by atoms with E-state index < -0.39 is 5.97 Å². The molecule has 0 saturated carbocycles. The van der Waals surface area contributed by atoms with Crippen molar-refractivity contribution in [2.45, 2.75) is 6.54 Å². The summed E-state index contributed by atoms with van der Waals surface area (Å²) in [6, 6.07) is 11.7. The Morgan fingerprint density at radius 3 is 2.85 bits per heavy atom. The van der Waals surface area contributed by atoms with Gasteiger partial charge >= 0.3 is 5.97 Å². The summed E-state index contributed by atoms with van der Waals surface area (Å²) in [6.45, 7) is 0.329. The zero-order valence-electron chi connectivity index (χ0n) is 10.8. The maximum atomic E-state index is 13.6. The van der Waals surface area contributed by atoms with Gasteiger partial charge in [-0.3, -0.25) is 0 Å². The molecule has 0 amide bonds. The minimum atomic E-state index is -0.401. The van der Waals surface area contributed by atoms with Crippen LogP contribution in [0.2, 0.25) is 0 Å². The van der Waals surface area contributed by atoms with Crippen LogP contribution in [-0.2, 0) is 11.3 Å². The van der Waals surface area contributed by atoms with Crippen molar-refractivity contribution >= 4 is 27.6 Å². The van der Waals surface area contributed by atoms with Gasteiger partial charge in [-0.2, -0.15) is 0 Å². The predicted octanol–water partition coefficient (Wildman–Crippen LogP) is 3.99. The Morgan fingerprint density at radius 2 is 2.10 bits per heavy atom. The Morgan fingerprint density at radius 1 is 1.30 bits per heavy atom. The molecule has 0 aliphatic rings. The molecule has 0 spiro atoms. The monoisotopic (exact) mass is 337 g/mol. The van der Waals surface area contributed by atoms with E-state index in [1.54, 1.807) is 30.3 Å². The Labute approximate surface area is 124 Å². The van der Waals surface area contributed by atoms with Crippen molar-refractivity contribution in [2.75, 3.05) is 12.4 Å². The number of rotatable bonds is 4. The summed E-state index contributed by atoms with van der Waals surface area (Å²) in [5, 5.41) is 3.08. The van der Waals surface area contributed by atoms with Gasteiger partial charge in [-0.25, -0.2) is 9.18 Å². The number of hydrogen-bond donors (Lipinski definition) is 1. The first-order chi connectivity index (χ1) is 9.60. The number of hydrogen-bond acceptors (Lipinski definition) is 3. The van der Waals surface area contributed by atoms with Crippen LogP contribution < -0.4 is 5.32 Å². The second kappa shape index (κ2) is 6.52. The fourth-order valence-corrected chi connectivity index (χ4v) is 2.16. The number of methoxy groups -OCH3 is 1. The number of esters is 1. The molecule has 3 nitrogen and oxygen atoms in total. The highest BCUT2D eigenvalue weighted by atomic mass is 79.9. The van der Waals surface area contributed by atoms with Gasteiger partial charge < -0.3 is 10.1 Å². The first kappa shape index (κ1) is 14.5. The van der Waals surface area contributed by atoms with Crippen molar-refractivity contribution in [3.05, 3.63) is 63.9 Å². The van der Waals surface area contributed by atoms with Crippen molar-refractivity contribution in [1.29, 1.82) is 0 Å². The Kier molecular flexibility index (Phi) is 4.74. The first-order valence-electron chi connectivity index (χ1n) is 5.96. The van der Waals surface area contributed by atoms with E-state index in [1.165, 1.54) is 13.2 Å². The Balaban J connectivity index is 2.11. The quantitative estimate of drug-likeness (QED) is 0.857. The molecule has 2 aromatic rings. The van der Waals surface area contributed by atoms with E-state index in [4.69, 9.17) is 0 Å². The third-order valence-corrected chi connectivity index (χ3v) is 3.27. The van der Waals surface area contributed by atoms with Crippen LogP contribution in [0.5, 0.6) is 0 Å². The van der Waals surface area contributed by atoms with Gasteiger partial charge in [-0.1, -0.05) is 22.0 Å². The Hall–Kier alpha value is -1.88. The topological polar surface area (TPSA) is 38.3 Å². The molecule has 0 radical (unpaired) electrons. The molecule has 0 fully saturated rings. The molecule has 20 heavy (non-hydrogen) atoms. The highest BCUT2D eigenvalue weighted by Crippen LogP contribution is 2.18. The van der Waals surface area contributed by atoms with Crippen LogP contribution in [0.15, 0.2) is 46.9 Å². The standard InChI is InChI=1S/C15H13BrFNO2/c1-20-15(19)10-3-2-4-13(8-10)18-9-11-7-12(16)5-6-14(11)17/h2-8,18H,9H2,1H3. The molecule has 0 saturated heterocycles. The smallest absolute Gasteiger partial charge is 0.337 e. The fraction of sp³-hybridized carbons (Fsp3) is 0.133. The highest BCUT2D eigenvalue weighted by Gasteiger charge is 2.06. The lowest BCUT2D eigenvalue weighted by Gasteiger charge is -2.09. The summed E-state index contributed by atoms with van der Waals surface area (Å²) in [5.74, 6) is -0.674. The normalized spacial score (nSPS) is 10.2. The summed E-state index contributed by atoms with van der Waals surface area (Å²) in [7, 11) is 1.33. The highest BCUT2D eigenvalue weighted by molar-refractivity contribution is 9.10. The number of halogens is 2. The molecule has 5 heteroatoms. The zero-order valence-corrected chi connectivity index (χ0v) is 12.4. The molecule has 0 atom stereocenters. The van der Waals surface area contributed by atoms with Crippen molar-refractivity contribution < 1.29 is 13.9 Å². The largest absolute Gasteiger partial charge is 0.465 e. The van der Waals surface area contributed by atoms with E-state index in [0.717, 1.165) is 10.2 Å². The number of ether oxygens (including phenoxy) is 1. The van der Waals surface area contributed by atoms with Crippen molar-refractivity contribution in [1.82, 2.24) is 0 Å². The molecule has 1 N–H and O–H groups in total. The third kappa shape index (κ3) is 3.57. The first-order valence-corrected chi connectivity index (χ1v) is 6.75. The molecule has 104 valence electrons. The molecule has 0 aromatic heterocycles. The van der Waals surface area contributed by atoms with Crippen LogP contribution in [0, 0.1) is 5.82 Å². The molecule has 0 heterocycles. The van der Waals surface area contributed by atoms with Gasteiger partial charge in [0.1, 0.15) is 5.82 Å². The van der Waals surface area contributed by atoms with Crippen molar-refractivity contribution in [3.8, 4) is 0 Å². The van der Waals surface area contributed by atoms with E-state index >= 15 is 0 Å². The van der Waals surface area contributed by atoms with Crippen LogP contribution in [0.1, 0.15) is 15.9 Å². The minimum absolute atomic E-state index is 0.273. The number of nitrogens with one attached hydrogen (secondary N) is 1. The average Bonchev–Trinajstić information content (AvgIpc) is 2.47. The lowest BCUT2D eigenvalue weighted by atomic mass is 10.2. The fourth-order valence-electron chi connectivity index (χ4n) is 1.75. The number of carbonyl (C=O) groups is 1. The third-order valence-electron chi connectivity index (χ3n) is 2.77. The van der Waals surface area contributed by atoms with Crippen LogP contribution in [-0.4, -0.2) is 13.1 Å². The molecule has 2 rings (SSSR count). The van der Waals surface area contributed by atoms with Gasteiger partial charge in [-0.05, 0) is 36.4 Å². The summed E-state index contributed by atoms with van der Waals surface area (Å²) in [6.07, 6.45) is 0.